The number of aromatic nitrogens is 3. The molecule has 5 heteroatoms. The Morgan fingerprint density at radius 3 is 2.84 bits per heavy atom. The molecule has 0 unspecified atom stereocenters. The van der Waals surface area contributed by atoms with Crippen LogP contribution in [0.5, 0.6) is 0 Å². The first-order chi connectivity index (χ1) is 9.33. The lowest BCUT2D eigenvalue weighted by Crippen LogP contribution is -2.10. The second kappa shape index (κ2) is 5.06. The van der Waals surface area contributed by atoms with Gasteiger partial charge in [-0.05, 0) is 30.3 Å². The van der Waals surface area contributed by atoms with Crippen LogP contribution in [0.1, 0.15) is 0 Å². The Labute approximate surface area is 109 Å². The number of hydrogen-bond donors (Lipinski definition) is 1. The van der Waals surface area contributed by atoms with Gasteiger partial charge in [-0.15, -0.1) is 0 Å². The highest BCUT2D eigenvalue weighted by atomic mass is 19.1. The lowest BCUT2D eigenvalue weighted by Gasteiger charge is -2.08. The van der Waals surface area contributed by atoms with Crippen LogP contribution in [0.25, 0.3) is 10.9 Å². The minimum atomic E-state index is -0.282. The molecule has 0 saturated heterocycles. The van der Waals surface area contributed by atoms with Crippen LogP contribution in [0, 0.1) is 5.82 Å². The Bertz CT molecular complexity index is 679. The molecule has 2 aromatic heterocycles. The maximum absolute atomic E-state index is 13.3. The van der Waals surface area contributed by atoms with Crippen LogP contribution in [0.2, 0.25) is 0 Å². The van der Waals surface area contributed by atoms with Crippen molar-refractivity contribution in [1.82, 2.24) is 14.5 Å². The summed E-state index contributed by atoms with van der Waals surface area (Å²) in [5, 5.41) is 3.92. The molecule has 0 atom stereocenters. The summed E-state index contributed by atoms with van der Waals surface area (Å²) in [5.74, 6) is 0.382. The summed E-state index contributed by atoms with van der Waals surface area (Å²) in [7, 11) is 0. The summed E-state index contributed by atoms with van der Waals surface area (Å²) < 4.78 is 15.3. The van der Waals surface area contributed by atoms with Crippen LogP contribution in [-0.2, 0) is 6.54 Å². The van der Waals surface area contributed by atoms with Gasteiger partial charge < -0.3 is 9.88 Å². The summed E-state index contributed by atoms with van der Waals surface area (Å²) in [6.07, 6.45) is 5.48. The molecule has 2 heterocycles. The topological polar surface area (TPSA) is 42.7 Å². The zero-order chi connectivity index (χ0) is 13.1. The number of hydrogen-bond acceptors (Lipinski definition) is 3. The molecule has 0 saturated carbocycles. The van der Waals surface area contributed by atoms with E-state index in [0.717, 1.165) is 18.6 Å². The van der Waals surface area contributed by atoms with E-state index in [-0.39, 0.29) is 5.82 Å². The average Bonchev–Trinajstić information content (AvgIpc) is 2.92. The summed E-state index contributed by atoms with van der Waals surface area (Å²) in [5.41, 5.74) is 0.736. The van der Waals surface area contributed by atoms with Crippen molar-refractivity contribution in [2.24, 2.45) is 0 Å². The SMILES string of the molecule is Fc1ccc2ncnc(NCCn3cccc3)c2c1. The fourth-order valence-electron chi connectivity index (χ4n) is 1.99. The Morgan fingerprint density at radius 2 is 2.00 bits per heavy atom. The molecular weight excluding hydrogens is 243 g/mol. The Morgan fingerprint density at radius 1 is 1.16 bits per heavy atom. The molecule has 0 spiro atoms. The van der Waals surface area contributed by atoms with E-state index >= 15 is 0 Å². The van der Waals surface area contributed by atoms with Gasteiger partial charge in [0.2, 0.25) is 0 Å². The molecule has 4 nitrogen and oxygen atoms in total. The van der Waals surface area contributed by atoms with Crippen molar-refractivity contribution in [2.75, 3.05) is 11.9 Å². The third-order valence-corrected chi connectivity index (χ3v) is 2.93. The first-order valence-corrected chi connectivity index (χ1v) is 6.08. The number of anilines is 1. The standard InChI is InChI=1S/C14H13FN4/c15-11-3-4-13-12(9-11)14(18-10-17-13)16-5-8-19-6-1-2-7-19/h1-4,6-7,9-10H,5,8H2,(H,16,17,18). The van der Waals surface area contributed by atoms with E-state index < -0.39 is 0 Å². The predicted octanol–water partition coefficient (Wildman–Crippen LogP) is 2.68. The number of benzene rings is 1. The van der Waals surface area contributed by atoms with Gasteiger partial charge >= 0.3 is 0 Å². The Kier molecular flexibility index (Phi) is 3.10. The van der Waals surface area contributed by atoms with Crippen LogP contribution in [0.3, 0.4) is 0 Å². The first kappa shape index (κ1) is 11.6. The Balaban J connectivity index is 1.78. The van der Waals surface area contributed by atoms with Gasteiger partial charge in [0.15, 0.2) is 0 Å². The van der Waals surface area contributed by atoms with E-state index in [1.54, 1.807) is 6.07 Å². The summed E-state index contributed by atoms with van der Waals surface area (Å²) in [6.45, 7) is 1.55. The smallest absolute Gasteiger partial charge is 0.137 e. The van der Waals surface area contributed by atoms with Gasteiger partial charge in [0, 0.05) is 30.9 Å². The van der Waals surface area contributed by atoms with Crippen molar-refractivity contribution in [3.8, 4) is 0 Å². The van der Waals surface area contributed by atoms with Crippen molar-refractivity contribution in [3.63, 3.8) is 0 Å². The van der Waals surface area contributed by atoms with Gasteiger partial charge in [0.1, 0.15) is 18.0 Å². The van der Waals surface area contributed by atoms with E-state index in [0.29, 0.717) is 11.2 Å². The summed E-state index contributed by atoms with van der Waals surface area (Å²) >= 11 is 0. The first-order valence-electron chi connectivity index (χ1n) is 6.08. The molecule has 0 aliphatic carbocycles. The third kappa shape index (κ3) is 2.54. The van der Waals surface area contributed by atoms with Gasteiger partial charge in [0.05, 0.1) is 5.52 Å². The van der Waals surface area contributed by atoms with Gasteiger partial charge in [-0.2, -0.15) is 0 Å². The molecule has 96 valence electrons. The summed E-state index contributed by atoms with van der Waals surface area (Å²) in [4.78, 5) is 8.29. The number of nitrogens with zero attached hydrogens (tertiary/aromatic N) is 3. The molecular formula is C14H13FN4. The summed E-state index contributed by atoms with van der Waals surface area (Å²) in [6, 6.07) is 8.47. The van der Waals surface area contributed by atoms with Crippen molar-refractivity contribution < 1.29 is 4.39 Å². The highest BCUT2D eigenvalue weighted by Crippen LogP contribution is 2.19. The average molecular weight is 256 g/mol. The lowest BCUT2D eigenvalue weighted by atomic mass is 10.2. The number of nitrogens with one attached hydrogen (secondary N) is 1. The molecule has 1 aromatic carbocycles. The lowest BCUT2D eigenvalue weighted by molar-refractivity contribution is 0.629. The minimum absolute atomic E-state index is 0.282. The van der Waals surface area contributed by atoms with Crippen molar-refractivity contribution in [3.05, 3.63) is 54.9 Å². The monoisotopic (exact) mass is 256 g/mol. The molecule has 0 fully saturated rings. The van der Waals surface area contributed by atoms with Crippen molar-refractivity contribution in [1.29, 1.82) is 0 Å². The van der Waals surface area contributed by atoms with Crippen molar-refractivity contribution in [2.45, 2.75) is 6.54 Å². The molecule has 19 heavy (non-hydrogen) atoms. The van der Waals surface area contributed by atoms with Gasteiger partial charge in [-0.25, -0.2) is 14.4 Å². The van der Waals surface area contributed by atoms with Gasteiger partial charge in [-0.1, -0.05) is 0 Å². The van der Waals surface area contributed by atoms with Crippen LogP contribution in [0.4, 0.5) is 10.2 Å². The van der Waals surface area contributed by atoms with E-state index in [9.17, 15) is 4.39 Å². The number of rotatable bonds is 4. The van der Waals surface area contributed by atoms with E-state index in [4.69, 9.17) is 0 Å². The molecule has 0 amide bonds. The fraction of sp³-hybridized carbons (Fsp3) is 0.143. The van der Waals surface area contributed by atoms with Crippen molar-refractivity contribution >= 4 is 16.7 Å². The van der Waals surface area contributed by atoms with E-state index in [1.807, 2.05) is 24.5 Å². The molecule has 0 radical (unpaired) electrons. The maximum Gasteiger partial charge on any atom is 0.137 e. The van der Waals surface area contributed by atoms with Gasteiger partial charge in [0.25, 0.3) is 0 Å². The van der Waals surface area contributed by atoms with Crippen LogP contribution < -0.4 is 5.32 Å². The molecule has 1 N–H and O–H groups in total. The van der Waals surface area contributed by atoms with Crippen LogP contribution in [0.15, 0.2) is 49.1 Å². The second-order valence-electron chi connectivity index (χ2n) is 4.23. The number of halogens is 1. The minimum Gasteiger partial charge on any atom is -0.368 e. The third-order valence-electron chi connectivity index (χ3n) is 2.93. The maximum atomic E-state index is 13.3. The van der Waals surface area contributed by atoms with Crippen LogP contribution in [-0.4, -0.2) is 21.1 Å². The highest BCUT2D eigenvalue weighted by molar-refractivity contribution is 5.88. The van der Waals surface area contributed by atoms with E-state index in [2.05, 4.69) is 19.9 Å². The van der Waals surface area contributed by atoms with E-state index in [1.165, 1.54) is 18.5 Å². The second-order valence-corrected chi connectivity index (χ2v) is 4.23. The Hall–Kier alpha value is -2.43. The molecule has 0 bridgehead atoms. The zero-order valence-corrected chi connectivity index (χ0v) is 10.3. The quantitative estimate of drug-likeness (QED) is 0.780. The largest absolute Gasteiger partial charge is 0.368 e. The predicted molar refractivity (Wildman–Crippen MR) is 72.4 cm³/mol. The zero-order valence-electron chi connectivity index (χ0n) is 10.3. The molecule has 3 aromatic rings. The number of fused-ring (bicyclic) bond motifs is 1. The highest BCUT2D eigenvalue weighted by Gasteiger charge is 2.04. The normalized spacial score (nSPS) is 10.8. The molecule has 0 aliphatic heterocycles. The molecule has 3 rings (SSSR count). The van der Waals surface area contributed by atoms with Crippen LogP contribution >= 0.6 is 0 Å². The molecule has 0 aliphatic rings. The fourth-order valence-corrected chi connectivity index (χ4v) is 1.99. The van der Waals surface area contributed by atoms with Gasteiger partial charge in [-0.3, -0.25) is 0 Å².